The van der Waals surface area contributed by atoms with E-state index in [9.17, 15) is 0 Å². The van der Waals surface area contributed by atoms with Gasteiger partial charge in [0.1, 0.15) is 0 Å². The highest BCUT2D eigenvalue weighted by atomic mass is 16.5. The van der Waals surface area contributed by atoms with Crippen molar-refractivity contribution in [3.8, 4) is 0 Å². The lowest BCUT2D eigenvalue weighted by Crippen LogP contribution is -2.25. The molecule has 1 aromatic rings. The molecule has 1 unspecified atom stereocenters. The summed E-state index contributed by atoms with van der Waals surface area (Å²) in [7, 11) is 0. The summed E-state index contributed by atoms with van der Waals surface area (Å²) < 4.78 is 5.52. The lowest BCUT2D eigenvalue weighted by atomic mass is 9.75. The number of hydrogen-bond acceptors (Lipinski definition) is 4. The standard InChI is InChI=1S/C13H21N3O/c1-13(7-3-2-4-8-13)12-15-11(16-17-12)10-6-5-9-14-10/h10,14H,2-9H2,1H3. The first-order chi connectivity index (χ1) is 8.28. The fourth-order valence-electron chi connectivity index (χ4n) is 3.07. The smallest absolute Gasteiger partial charge is 0.232 e. The van der Waals surface area contributed by atoms with Crippen molar-refractivity contribution in [1.82, 2.24) is 15.5 Å². The minimum Gasteiger partial charge on any atom is -0.339 e. The first-order valence-electron chi connectivity index (χ1n) is 6.85. The summed E-state index contributed by atoms with van der Waals surface area (Å²) in [5.74, 6) is 1.73. The molecule has 1 saturated carbocycles. The van der Waals surface area contributed by atoms with Crippen LogP contribution in [-0.2, 0) is 5.41 Å². The minimum absolute atomic E-state index is 0.127. The molecule has 1 atom stereocenters. The first kappa shape index (κ1) is 11.2. The van der Waals surface area contributed by atoms with Gasteiger partial charge < -0.3 is 9.84 Å². The fourth-order valence-corrected chi connectivity index (χ4v) is 3.07. The SMILES string of the molecule is CC1(c2nc(C3CCCN3)no2)CCCCC1. The van der Waals surface area contributed by atoms with Crippen LogP contribution in [0.1, 0.15) is 69.6 Å². The maximum absolute atomic E-state index is 5.52. The molecule has 1 saturated heterocycles. The van der Waals surface area contributed by atoms with E-state index in [0.29, 0.717) is 6.04 Å². The number of rotatable bonds is 2. The third kappa shape index (κ3) is 2.10. The molecule has 2 fully saturated rings. The molecule has 2 aliphatic rings. The highest BCUT2D eigenvalue weighted by Crippen LogP contribution is 2.38. The van der Waals surface area contributed by atoms with Crippen LogP contribution in [0.2, 0.25) is 0 Å². The van der Waals surface area contributed by atoms with E-state index in [1.165, 1.54) is 38.5 Å². The van der Waals surface area contributed by atoms with Gasteiger partial charge in [-0.15, -0.1) is 0 Å². The van der Waals surface area contributed by atoms with Crippen LogP contribution in [0.3, 0.4) is 0 Å². The number of nitrogens with one attached hydrogen (secondary N) is 1. The summed E-state index contributed by atoms with van der Waals surface area (Å²) in [6.45, 7) is 3.34. The van der Waals surface area contributed by atoms with Gasteiger partial charge in [-0.25, -0.2) is 0 Å². The molecule has 17 heavy (non-hydrogen) atoms. The predicted octanol–water partition coefficient (Wildman–Crippen LogP) is 2.72. The van der Waals surface area contributed by atoms with Gasteiger partial charge >= 0.3 is 0 Å². The second-order valence-corrected chi connectivity index (χ2v) is 5.73. The Morgan fingerprint density at radius 2 is 2.06 bits per heavy atom. The Balaban J connectivity index is 1.78. The lowest BCUT2D eigenvalue weighted by Gasteiger charge is -2.29. The van der Waals surface area contributed by atoms with E-state index >= 15 is 0 Å². The third-order valence-electron chi connectivity index (χ3n) is 4.29. The van der Waals surface area contributed by atoms with Crippen molar-refractivity contribution in [2.75, 3.05) is 6.54 Å². The van der Waals surface area contributed by atoms with E-state index in [1.807, 2.05) is 0 Å². The molecule has 0 bridgehead atoms. The zero-order chi connectivity index (χ0) is 11.7. The van der Waals surface area contributed by atoms with Crippen LogP contribution in [0.5, 0.6) is 0 Å². The highest BCUT2D eigenvalue weighted by molar-refractivity contribution is 5.06. The highest BCUT2D eigenvalue weighted by Gasteiger charge is 2.35. The van der Waals surface area contributed by atoms with Crippen LogP contribution in [-0.4, -0.2) is 16.7 Å². The largest absolute Gasteiger partial charge is 0.339 e. The molecule has 0 radical (unpaired) electrons. The lowest BCUT2D eigenvalue weighted by molar-refractivity contribution is 0.231. The summed E-state index contributed by atoms with van der Waals surface area (Å²) in [6.07, 6.45) is 8.65. The van der Waals surface area contributed by atoms with Gasteiger partial charge in [0.2, 0.25) is 5.89 Å². The van der Waals surface area contributed by atoms with Gasteiger partial charge in [0.25, 0.3) is 0 Å². The van der Waals surface area contributed by atoms with Gasteiger partial charge in [-0.2, -0.15) is 4.98 Å². The Labute approximate surface area is 102 Å². The Morgan fingerprint density at radius 1 is 1.24 bits per heavy atom. The molecule has 4 nitrogen and oxygen atoms in total. The summed E-state index contributed by atoms with van der Waals surface area (Å²) >= 11 is 0. The van der Waals surface area contributed by atoms with Crippen LogP contribution < -0.4 is 5.32 Å². The van der Waals surface area contributed by atoms with Gasteiger partial charge in [0, 0.05) is 5.41 Å². The molecule has 0 aromatic carbocycles. The first-order valence-corrected chi connectivity index (χ1v) is 6.85. The van der Waals surface area contributed by atoms with Gasteiger partial charge in [0.05, 0.1) is 6.04 Å². The van der Waals surface area contributed by atoms with Crippen LogP contribution in [0.15, 0.2) is 4.52 Å². The maximum atomic E-state index is 5.52. The average molecular weight is 235 g/mol. The molecule has 0 amide bonds. The molecular weight excluding hydrogens is 214 g/mol. The second-order valence-electron chi connectivity index (χ2n) is 5.73. The summed E-state index contributed by atoms with van der Waals surface area (Å²) in [5, 5.41) is 7.59. The van der Waals surface area contributed by atoms with Gasteiger partial charge in [-0.3, -0.25) is 0 Å². The summed E-state index contributed by atoms with van der Waals surface area (Å²) in [5.41, 5.74) is 0.127. The monoisotopic (exact) mass is 235 g/mol. The molecule has 4 heteroatoms. The molecule has 1 aliphatic carbocycles. The number of hydrogen-bond donors (Lipinski definition) is 1. The van der Waals surface area contributed by atoms with Crippen LogP contribution in [0, 0.1) is 0 Å². The normalized spacial score (nSPS) is 28.4. The van der Waals surface area contributed by atoms with E-state index in [0.717, 1.165) is 24.7 Å². The van der Waals surface area contributed by atoms with Crippen molar-refractivity contribution in [3.63, 3.8) is 0 Å². The molecular formula is C13H21N3O. The van der Waals surface area contributed by atoms with Crippen molar-refractivity contribution in [1.29, 1.82) is 0 Å². The Hall–Kier alpha value is -0.900. The maximum Gasteiger partial charge on any atom is 0.232 e. The van der Waals surface area contributed by atoms with Crippen molar-refractivity contribution in [2.45, 2.75) is 63.3 Å². The average Bonchev–Trinajstić information content (AvgIpc) is 3.01. The number of nitrogens with zero attached hydrogens (tertiary/aromatic N) is 2. The molecule has 2 heterocycles. The van der Waals surface area contributed by atoms with Gasteiger partial charge in [-0.1, -0.05) is 31.3 Å². The van der Waals surface area contributed by atoms with E-state index in [1.54, 1.807) is 0 Å². The van der Waals surface area contributed by atoms with E-state index in [4.69, 9.17) is 4.52 Å². The second kappa shape index (κ2) is 4.41. The Morgan fingerprint density at radius 3 is 2.76 bits per heavy atom. The van der Waals surface area contributed by atoms with E-state index in [-0.39, 0.29) is 5.41 Å². The van der Waals surface area contributed by atoms with E-state index < -0.39 is 0 Å². The van der Waals surface area contributed by atoms with E-state index in [2.05, 4.69) is 22.4 Å². The van der Waals surface area contributed by atoms with Crippen molar-refractivity contribution in [3.05, 3.63) is 11.7 Å². The zero-order valence-corrected chi connectivity index (χ0v) is 10.5. The fraction of sp³-hybridized carbons (Fsp3) is 0.846. The van der Waals surface area contributed by atoms with Crippen molar-refractivity contribution >= 4 is 0 Å². The van der Waals surface area contributed by atoms with Crippen LogP contribution >= 0.6 is 0 Å². The molecule has 1 N–H and O–H groups in total. The van der Waals surface area contributed by atoms with Crippen molar-refractivity contribution < 1.29 is 4.52 Å². The third-order valence-corrected chi connectivity index (χ3v) is 4.29. The summed E-state index contributed by atoms with van der Waals surface area (Å²) in [4.78, 5) is 4.65. The molecule has 1 aromatic heterocycles. The molecule has 1 aliphatic heterocycles. The van der Waals surface area contributed by atoms with Gasteiger partial charge in [-0.05, 0) is 32.2 Å². The topological polar surface area (TPSA) is 51.0 Å². The Kier molecular flexibility index (Phi) is 2.90. The van der Waals surface area contributed by atoms with Crippen LogP contribution in [0.25, 0.3) is 0 Å². The molecule has 94 valence electrons. The molecule has 3 rings (SSSR count). The van der Waals surface area contributed by atoms with Gasteiger partial charge in [0.15, 0.2) is 5.82 Å². The minimum atomic E-state index is 0.127. The van der Waals surface area contributed by atoms with Crippen molar-refractivity contribution in [2.24, 2.45) is 0 Å². The predicted molar refractivity (Wildman–Crippen MR) is 64.7 cm³/mol. The Bertz CT molecular complexity index is 376. The number of aromatic nitrogens is 2. The zero-order valence-electron chi connectivity index (χ0n) is 10.5. The summed E-state index contributed by atoms with van der Waals surface area (Å²) in [6, 6.07) is 0.319. The quantitative estimate of drug-likeness (QED) is 0.856. The molecule has 0 spiro atoms. The van der Waals surface area contributed by atoms with Crippen LogP contribution in [0.4, 0.5) is 0 Å².